The molecule has 0 N–H and O–H groups in total. The van der Waals surface area contributed by atoms with Crippen molar-refractivity contribution < 1.29 is 18.7 Å². The van der Waals surface area contributed by atoms with Gasteiger partial charge in [-0.05, 0) is 12.5 Å². The standard InChI is InChI=1S/C12H13FO3/c1-8(12(15)16-2)11(14)10(13)9-6-4-3-5-7-9/h3-8,10H,1-2H3. The van der Waals surface area contributed by atoms with Gasteiger partial charge in [0.25, 0.3) is 0 Å². The van der Waals surface area contributed by atoms with Gasteiger partial charge in [0.15, 0.2) is 12.0 Å². The van der Waals surface area contributed by atoms with E-state index >= 15 is 0 Å². The molecular weight excluding hydrogens is 211 g/mol. The predicted molar refractivity (Wildman–Crippen MR) is 56.5 cm³/mol. The van der Waals surface area contributed by atoms with Gasteiger partial charge in [-0.1, -0.05) is 30.3 Å². The van der Waals surface area contributed by atoms with Crippen LogP contribution in [-0.2, 0) is 14.3 Å². The maximum Gasteiger partial charge on any atom is 0.316 e. The molecule has 0 aliphatic carbocycles. The van der Waals surface area contributed by atoms with Crippen LogP contribution in [0.1, 0.15) is 18.7 Å². The molecule has 0 saturated heterocycles. The zero-order chi connectivity index (χ0) is 12.1. The van der Waals surface area contributed by atoms with E-state index < -0.39 is 23.8 Å². The van der Waals surface area contributed by atoms with E-state index in [1.807, 2.05) is 0 Å². The SMILES string of the molecule is COC(=O)C(C)C(=O)C(F)c1ccccc1. The number of Topliss-reactive ketones (excluding diaryl/α,β-unsaturated/α-hetero) is 1. The molecule has 0 spiro atoms. The average molecular weight is 224 g/mol. The maximum atomic E-state index is 13.7. The van der Waals surface area contributed by atoms with E-state index in [-0.39, 0.29) is 5.56 Å². The molecule has 0 heterocycles. The smallest absolute Gasteiger partial charge is 0.316 e. The zero-order valence-electron chi connectivity index (χ0n) is 9.14. The molecule has 4 heteroatoms. The van der Waals surface area contributed by atoms with Gasteiger partial charge in [0.2, 0.25) is 0 Å². The van der Waals surface area contributed by atoms with Crippen molar-refractivity contribution in [1.29, 1.82) is 0 Å². The molecule has 0 aliphatic heterocycles. The topological polar surface area (TPSA) is 43.4 Å². The molecule has 0 saturated carbocycles. The van der Waals surface area contributed by atoms with Gasteiger partial charge in [-0.15, -0.1) is 0 Å². The highest BCUT2D eigenvalue weighted by atomic mass is 19.1. The Balaban J connectivity index is 2.79. The van der Waals surface area contributed by atoms with Gasteiger partial charge in [0, 0.05) is 0 Å². The zero-order valence-corrected chi connectivity index (χ0v) is 9.14. The number of rotatable bonds is 4. The summed E-state index contributed by atoms with van der Waals surface area (Å²) in [4.78, 5) is 22.6. The van der Waals surface area contributed by atoms with Crippen LogP contribution in [-0.4, -0.2) is 18.9 Å². The van der Waals surface area contributed by atoms with Gasteiger partial charge in [0.1, 0.15) is 5.92 Å². The molecule has 0 fully saturated rings. The summed E-state index contributed by atoms with van der Waals surface area (Å²) in [6.07, 6.45) is -1.78. The van der Waals surface area contributed by atoms with E-state index in [9.17, 15) is 14.0 Å². The minimum atomic E-state index is -1.78. The Labute approximate surface area is 93.2 Å². The number of benzene rings is 1. The van der Waals surface area contributed by atoms with Crippen molar-refractivity contribution in [3.63, 3.8) is 0 Å². The van der Waals surface area contributed by atoms with Gasteiger partial charge < -0.3 is 4.74 Å². The van der Waals surface area contributed by atoms with Crippen LogP contribution in [0.25, 0.3) is 0 Å². The van der Waals surface area contributed by atoms with E-state index in [0.717, 1.165) is 0 Å². The van der Waals surface area contributed by atoms with Crippen LogP contribution in [0.2, 0.25) is 0 Å². The van der Waals surface area contributed by atoms with E-state index in [0.29, 0.717) is 0 Å². The molecule has 86 valence electrons. The van der Waals surface area contributed by atoms with Crippen LogP contribution in [0.15, 0.2) is 30.3 Å². The highest BCUT2D eigenvalue weighted by molar-refractivity contribution is 6.01. The first-order valence-electron chi connectivity index (χ1n) is 4.88. The van der Waals surface area contributed by atoms with E-state index in [1.54, 1.807) is 18.2 Å². The summed E-state index contributed by atoms with van der Waals surface area (Å²) in [5.41, 5.74) is 0.253. The number of alkyl halides is 1. The van der Waals surface area contributed by atoms with Gasteiger partial charge >= 0.3 is 5.97 Å². The van der Waals surface area contributed by atoms with E-state index in [2.05, 4.69) is 4.74 Å². The number of esters is 1. The fourth-order valence-electron chi connectivity index (χ4n) is 1.30. The van der Waals surface area contributed by atoms with Gasteiger partial charge in [-0.3, -0.25) is 9.59 Å². The van der Waals surface area contributed by atoms with E-state index in [1.165, 1.54) is 26.2 Å². The summed E-state index contributed by atoms with van der Waals surface area (Å²) in [6, 6.07) is 8.01. The van der Waals surface area contributed by atoms with Gasteiger partial charge in [-0.25, -0.2) is 4.39 Å². The molecule has 2 unspecified atom stereocenters. The first-order chi connectivity index (χ1) is 7.57. The molecule has 2 atom stereocenters. The fraction of sp³-hybridized carbons (Fsp3) is 0.333. The van der Waals surface area contributed by atoms with Crippen LogP contribution in [0.3, 0.4) is 0 Å². The first kappa shape index (κ1) is 12.4. The van der Waals surface area contributed by atoms with Crippen molar-refractivity contribution >= 4 is 11.8 Å². The largest absolute Gasteiger partial charge is 0.468 e. The Morgan fingerprint density at radius 1 is 1.25 bits per heavy atom. The lowest BCUT2D eigenvalue weighted by Crippen LogP contribution is -2.25. The highest BCUT2D eigenvalue weighted by Gasteiger charge is 2.30. The lowest BCUT2D eigenvalue weighted by atomic mass is 9.98. The van der Waals surface area contributed by atoms with Crippen LogP contribution >= 0.6 is 0 Å². The number of ketones is 1. The van der Waals surface area contributed by atoms with Crippen LogP contribution in [0, 0.1) is 5.92 Å². The fourth-order valence-corrected chi connectivity index (χ4v) is 1.30. The summed E-state index contributed by atoms with van der Waals surface area (Å²) < 4.78 is 18.1. The summed E-state index contributed by atoms with van der Waals surface area (Å²) in [7, 11) is 1.17. The Morgan fingerprint density at radius 2 is 1.81 bits per heavy atom. The third kappa shape index (κ3) is 2.66. The third-order valence-corrected chi connectivity index (χ3v) is 2.32. The number of ether oxygens (including phenoxy) is 1. The van der Waals surface area contributed by atoms with Crippen molar-refractivity contribution in [2.24, 2.45) is 5.92 Å². The molecule has 3 nitrogen and oxygen atoms in total. The summed E-state index contributed by atoms with van der Waals surface area (Å²) >= 11 is 0. The maximum absolute atomic E-state index is 13.7. The molecule has 0 radical (unpaired) electrons. The number of methoxy groups -OCH3 is 1. The van der Waals surface area contributed by atoms with E-state index in [4.69, 9.17) is 0 Å². The van der Waals surface area contributed by atoms with Gasteiger partial charge in [0.05, 0.1) is 7.11 Å². The molecule has 16 heavy (non-hydrogen) atoms. The second-order valence-electron chi connectivity index (χ2n) is 3.42. The Morgan fingerprint density at radius 3 is 2.31 bits per heavy atom. The Bertz CT molecular complexity index is 375. The Hall–Kier alpha value is -1.71. The first-order valence-corrected chi connectivity index (χ1v) is 4.88. The third-order valence-electron chi connectivity index (χ3n) is 2.32. The number of carbonyl (C=O) groups excluding carboxylic acids is 2. The van der Waals surface area contributed by atoms with Crippen molar-refractivity contribution in [3.05, 3.63) is 35.9 Å². The van der Waals surface area contributed by atoms with Crippen LogP contribution in [0.4, 0.5) is 4.39 Å². The normalized spacial score (nSPS) is 13.9. The van der Waals surface area contributed by atoms with Crippen molar-refractivity contribution in [1.82, 2.24) is 0 Å². The van der Waals surface area contributed by atoms with Crippen molar-refractivity contribution in [2.45, 2.75) is 13.1 Å². The molecule has 1 rings (SSSR count). The number of hydrogen-bond acceptors (Lipinski definition) is 3. The molecule has 0 bridgehead atoms. The average Bonchev–Trinajstić information content (AvgIpc) is 2.36. The molecule has 0 aliphatic rings. The highest BCUT2D eigenvalue weighted by Crippen LogP contribution is 2.22. The molecule has 1 aromatic carbocycles. The van der Waals surface area contributed by atoms with Crippen molar-refractivity contribution in [2.75, 3.05) is 7.11 Å². The minimum absolute atomic E-state index is 0.253. The summed E-state index contributed by atoms with van der Waals surface area (Å²) in [6.45, 7) is 1.34. The number of halogens is 1. The minimum Gasteiger partial charge on any atom is -0.468 e. The molecular formula is C12H13FO3. The number of carbonyl (C=O) groups is 2. The summed E-state index contributed by atoms with van der Waals surface area (Å²) in [5.74, 6) is -2.58. The second kappa shape index (κ2) is 5.39. The lowest BCUT2D eigenvalue weighted by Gasteiger charge is -2.11. The molecule has 0 aromatic heterocycles. The van der Waals surface area contributed by atoms with Crippen molar-refractivity contribution in [3.8, 4) is 0 Å². The van der Waals surface area contributed by atoms with Crippen LogP contribution in [0.5, 0.6) is 0 Å². The molecule has 0 amide bonds. The van der Waals surface area contributed by atoms with Gasteiger partial charge in [-0.2, -0.15) is 0 Å². The quantitative estimate of drug-likeness (QED) is 0.581. The Kier molecular flexibility index (Phi) is 4.17. The number of hydrogen-bond donors (Lipinski definition) is 0. The lowest BCUT2D eigenvalue weighted by molar-refractivity contribution is -0.150. The molecule has 1 aromatic rings. The summed E-state index contributed by atoms with van der Waals surface area (Å²) in [5, 5.41) is 0. The predicted octanol–water partition coefficient (Wildman–Crippen LogP) is 2.08. The second-order valence-corrected chi connectivity index (χ2v) is 3.42. The van der Waals surface area contributed by atoms with Crippen LogP contribution < -0.4 is 0 Å². The monoisotopic (exact) mass is 224 g/mol.